The minimum absolute atomic E-state index is 0.0300. The predicted octanol–water partition coefficient (Wildman–Crippen LogP) is -0.480. The van der Waals surface area contributed by atoms with Gasteiger partial charge >= 0.3 is 0 Å². The number of imidazole rings is 1. The molecule has 0 spiro atoms. The van der Waals surface area contributed by atoms with Crippen molar-refractivity contribution in [3.8, 4) is 11.4 Å². The lowest BCUT2D eigenvalue weighted by molar-refractivity contribution is -0.870. The molecule has 0 saturated heterocycles. The van der Waals surface area contributed by atoms with Gasteiger partial charge < -0.3 is 24.5 Å². The Morgan fingerprint density at radius 1 is 1.38 bits per heavy atom. The summed E-state index contributed by atoms with van der Waals surface area (Å²) in [5, 5.41) is 19.1. The second-order valence-corrected chi connectivity index (χ2v) is 5.38. The Balaban J connectivity index is 0.000000270. The first-order chi connectivity index (χ1) is 9.85. The highest BCUT2D eigenvalue weighted by atomic mass is 16.4. The van der Waals surface area contributed by atoms with Crippen LogP contribution in [0.5, 0.6) is 0 Å². The molecule has 114 valence electrons. The van der Waals surface area contributed by atoms with Crippen LogP contribution in [0.3, 0.4) is 0 Å². The molecular formula is C14H20N4O3. The fraction of sp³-hybridized carbons (Fsp3) is 0.357. The maximum Gasteiger partial charge on any atom is 0.138 e. The van der Waals surface area contributed by atoms with E-state index in [1.54, 1.807) is 18.5 Å². The normalized spacial score (nSPS) is 10.7. The number of aromatic nitrogens is 3. The zero-order valence-electron chi connectivity index (χ0n) is 12.4. The van der Waals surface area contributed by atoms with E-state index in [1.807, 2.05) is 0 Å². The number of aromatic amines is 1. The largest absolute Gasteiger partial charge is 0.545 e. The van der Waals surface area contributed by atoms with Gasteiger partial charge in [-0.3, -0.25) is 4.98 Å². The van der Waals surface area contributed by atoms with Crippen molar-refractivity contribution in [2.45, 2.75) is 0 Å². The number of quaternary nitrogens is 1. The third kappa shape index (κ3) is 5.72. The number of carboxylic acids is 1. The molecule has 7 heteroatoms. The van der Waals surface area contributed by atoms with Gasteiger partial charge in [-0.05, 0) is 6.07 Å². The van der Waals surface area contributed by atoms with Gasteiger partial charge in [0.1, 0.15) is 12.4 Å². The highest BCUT2D eigenvalue weighted by Gasteiger charge is 2.06. The number of rotatable bonds is 4. The molecule has 0 atom stereocenters. The van der Waals surface area contributed by atoms with Crippen LogP contribution in [-0.2, 0) is 0 Å². The number of hydrogen-bond donors (Lipinski definition) is 2. The van der Waals surface area contributed by atoms with Crippen molar-refractivity contribution in [3.05, 3.63) is 36.4 Å². The third-order valence-corrected chi connectivity index (χ3v) is 2.57. The summed E-state index contributed by atoms with van der Waals surface area (Å²) in [6.45, 7) is 1.11. The van der Waals surface area contributed by atoms with Crippen LogP contribution in [0, 0.1) is 0 Å². The average molecular weight is 292 g/mol. The van der Waals surface area contributed by atoms with Crippen LogP contribution >= 0.6 is 0 Å². The van der Waals surface area contributed by atoms with Crippen LogP contribution < -0.4 is 5.11 Å². The summed E-state index contributed by atoms with van der Waals surface area (Å²) in [6.07, 6.45) is 5.92. The lowest BCUT2D eigenvalue weighted by atomic mass is 10.1. The number of nitrogens with zero attached hydrogens (tertiary/aromatic N) is 3. The van der Waals surface area contributed by atoms with Gasteiger partial charge in [0.2, 0.25) is 0 Å². The quantitative estimate of drug-likeness (QED) is 0.741. The Bertz CT molecular complexity index is 562. The average Bonchev–Trinajstić information content (AvgIpc) is 2.91. The molecule has 2 aromatic rings. The van der Waals surface area contributed by atoms with Crippen molar-refractivity contribution in [1.82, 2.24) is 15.0 Å². The number of nitrogens with one attached hydrogen (secondary N) is 1. The van der Waals surface area contributed by atoms with Gasteiger partial charge in [0.05, 0.1) is 33.7 Å². The second kappa shape index (κ2) is 7.51. The van der Waals surface area contributed by atoms with Crippen LogP contribution in [0.2, 0.25) is 0 Å². The summed E-state index contributed by atoms with van der Waals surface area (Å²) >= 11 is 0. The van der Waals surface area contributed by atoms with Gasteiger partial charge in [0.15, 0.2) is 0 Å². The van der Waals surface area contributed by atoms with Crippen LogP contribution in [0.1, 0.15) is 10.4 Å². The summed E-state index contributed by atoms with van der Waals surface area (Å²) in [6, 6.07) is 1.57. The standard InChI is InChI=1S/C9H7N3O2.C5H14NO/c13-9(14)7-5-10-2-1-6(7)8-11-3-4-12-8;1-6(2,3)4-5-7/h1-5H,(H,11,12)(H,13,14);7H,4-5H2,1-3H3/q;+1/p-1. The maximum atomic E-state index is 10.7. The lowest BCUT2D eigenvalue weighted by Gasteiger charge is -2.21. The highest BCUT2D eigenvalue weighted by Crippen LogP contribution is 2.17. The minimum atomic E-state index is -1.26. The number of pyridine rings is 1. The van der Waals surface area contributed by atoms with E-state index >= 15 is 0 Å². The first-order valence-electron chi connectivity index (χ1n) is 6.41. The van der Waals surface area contributed by atoms with E-state index in [1.165, 1.54) is 12.4 Å². The topological polar surface area (TPSA) is 102 Å². The Morgan fingerprint density at radius 3 is 2.52 bits per heavy atom. The van der Waals surface area contributed by atoms with Crippen LogP contribution in [0.25, 0.3) is 11.4 Å². The smallest absolute Gasteiger partial charge is 0.138 e. The summed E-state index contributed by atoms with van der Waals surface area (Å²) < 4.78 is 0.844. The Kier molecular flexibility index (Phi) is 6.01. The van der Waals surface area contributed by atoms with Gasteiger partial charge in [-0.1, -0.05) is 0 Å². The molecule has 2 aromatic heterocycles. The van der Waals surface area contributed by atoms with Crippen molar-refractivity contribution >= 4 is 5.97 Å². The molecule has 2 heterocycles. The monoisotopic (exact) mass is 292 g/mol. The molecule has 0 bridgehead atoms. The van der Waals surface area contributed by atoms with Gasteiger partial charge in [-0.25, -0.2) is 4.98 Å². The van der Waals surface area contributed by atoms with Crippen LogP contribution in [0.4, 0.5) is 0 Å². The minimum Gasteiger partial charge on any atom is -0.545 e. The molecule has 0 amide bonds. The third-order valence-electron chi connectivity index (χ3n) is 2.57. The number of hydrogen-bond acceptors (Lipinski definition) is 5. The number of aliphatic hydroxyl groups is 1. The molecule has 2 rings (SSSR count). The lowest BCUT2D eigenvalue weighted by Crippen LogP contribution is -2.36. The summed E-state index contributed by atoms with van der Waals surface area (Å²) in [4.78, 5) is 21.2. The zero-order valence-corrected chi connectivity index (χ0v) is 12.4. The Hall–Kier alpha value is -2.25. The molecule has 0 aliphatic rings. The van der Waals surface area contributed by atoms with E-state index in [0.717, 1.165) is 11.0 Å². The number of likely N-dealkylation sites (N-methyl/N-ethyl adjacent to an activating group) is 1. The second-order valence-electron chi connectivity index (χ2n) is 5.38. The van der Waals surface area contributed by atoms with E-state index in [2.05, 4.69) is 36.1 Å². The molecule has 0 aliphatic heterocycles. The summed E-state index contributed by atoms with van der Waals surface area (Å²) in [5.41, 5.74) is 0.507. The van der Waals surface area contributed by atoms with Crippen molar-refractivity contribution in [3.63, 3.8) is 0 Å². The first-order valence-corrected chi connectivity index (χ1v) is 6.41. The van der Waals surface area contributed by atoms with E-state index in [0.29, 0.717) is 11.4 Å². The number of aliphatic hydroxyl groups excluding tert-OH is 1. The van der Waals surface area contributed by atoms with E-state index < -0.39 is 5.97 Å². The highest BCUT2D eigenvalue weighted by molar-refractivity contribution is 5.93. The van der Waals surface area contributed by atoms with Crippen LogP contribution in [0.15, 0.2) is 30.9 Å². The number of carbonyl (C=O) groups is 1. The number of aromatic carboxylic acids is 1. The zero-order chi connectivity index (χ0) is 15.9. The summed E-state index contributed by atoms with van der Waals surface area (Å²) in [5.74, 6) is -0.767. The van der Waals surface area contributed by atoms with Crippen molar-refractivity contribution in [2.75, 3.05) is 34.3 Å². The fourth-order valence-electron chi connectivity index (χ4n) is 1.48. The van der Waals surface area contributed by atoms with Crippen LogP contribution in [-0.4, -0.2) is 64.8 Å². The molecule has 0 unspecified atom stereocenters. The molecule has 7 nitrogen and oxygen atoms in total. The molecule has 0 fully saturated rings. The predicted molar refractivity (Wildman–Crippen MR) is 76.1 cm³/mol. The maximum absolute atomic E-state index is 10.7. The molecule has 2 N–H and O–H groups in total. The van der Waals surface area contributed by atoms with Crippen molar-refractivity contribution in [2.24, 2.45) is 0 Å². The van der Waals surface area contributed by atoms with Gasteiger partial charge in [-0.2, -0.15) is 0 Å². The van der Waals surface area contributed by atoms with Crippen molar-refractivity contribution in [1.29, 1.82) is 0 Å². The van der Waals surface area contributed by atoms with E-state index in [-0.39, 0.29) is 12.2 Å². The van der Waals surface area contributed by atoms with E-state index in [4.69, 9.17) is 5.11 Å². The van der Waals surface area contributed by atoms with E-state index in [9.17, 15) is 9.90 Å². The molecular weight excluding hydrogens is 272 g/mol. The van der Waals surface area contributed by atoms with Crippen molar-refractivity contribution < 1.29 is 19.5 Å². The van der Waals surface area contributed by atoms with Gasteiger partial charge in [0, 0.05) is 35.9 Å². The molecule has 0 aromatic carbocycles. The van der Waals surface area contributed by atoms with Gasteiger partial charge in [0.25, 0.3) is 0 Å². The molecule has 0 radical (unpaired) electrons. The number of H-pyrrole nitrogens is 1. The fourth-order valence-corrected chi connectivity index (χ4v) is 1.48. The molecule has 21 heavy (non-hydrogen) atoms. The molecule has 0 aliphatic carbocycles. The van der Waals surface area contributed by atoms with Gasteiger partial charge in [-0.15, -0.1) is 0 Å². The molecule has 0 saturated carbocycles. The number of carbonyl (C=O) groups excluding carboxylic acids is 1. The Morgan fingerprint density at radius 2 is 2.10 bits per heavy atom. The number of carboxylic acid groups (broad SMARTS) is 1. The summed E-state index contributed by atoms with van der Waals surface area (Å²) in [7, 11) is 6.16. The first kappa shape index (κ1) is 16.8. The SMILES string of the molecule is C[N+](C)(C)CCO.O=C([O-])c1cnccc1-c1ncc[nH]1. The Labute approximate surface area is 123 Å².